The van der Waals surface area contributed by atoms with Gasteiger partial charge in [0.2, 0.25) is 0 Å². The zero-order valence-corrected chi connectivity index (χ0v) is 18.4. The summed E-state index contributed by atoms with van der Waals surface area (Å²) in [4.78, 5) is 25.8. The van der Waals surface area contributed by atoms with Crippen LogP contribution in [-0.2, 0) is 24.9 Å². The summed E-state index contributed by atoms with van der Waals surface area (Å²) in [5.41, 5.74) is 8.83. The van der Waals surface area contributed by atoms with E-state index in [4.69, 9.17) is 5.26 Å². The molecule has 0 saturated heterocycles. The van der Waals surface area contributed by atoms with Crippen LogP contribution in [0, 0.1) is 11.5 Å². The number of nitrogens with zero attached hydrogens (tertiary/aromatic N) is 1. The van der Waals surface area contributed by atoms with Gasteiger partial charge in [0, 0.05) is 16.9 Å². The molecule has 0 spiro atoms. The van der Waals surface area contributed by atoms with E-state index in [9.17, 15) is 14.7 Å². The fraction of sp³-hybridized carbons (Fsp3) is 0.348. The summed E-state index contributed by atoms with van der Waals surface area (Å²) in [6.45, 7) is 3.45. The number of nitrogens with two attached hydrogens (primary N) is 1. The molecule has 0 radical (unpaired) electrons. The van der Waals surface area contributed by atoms with Crippen LogP contribution in [0.5, 0.6) is 0 Å². The lowest BCUT2D eigenvalue weighted by molar-refractivity contribution is 0.0783. The molecule has 8 heteroatoms. The van der Waals surface area contributed by atoms with Gasteiger partial charge in [-0.15, -0.1) is 0 Å². The largest absolute Gasteiger partial charge is 0.386 e. The SMILES string of the molecule is CC(C)(O)c1cccc(SNC(=O)Nc2c3c(cc4c2C(=O)CC4)CCC3)c1.N#CN. The van der Waals surface area contributed by atoms with Crippen LogP contribution in [0.3, 0.4) is 0 Å². The van der Waals surface area contributed by atoms with Gasteiger partial charge in [0.25, 0.3) is 0 Å². The third kappa shape index (κ3) is 5.19. The van der Waals surface area contributed by atoms with Gasteiger partial charge in [-0.2, -0.15) is 5.26 Å². The molecule has 0 saturated carbocycles. The lowest BCUT2D eigenvalue weighted by atomic mass is 9.98. The molecule has 4 rings (SSSR count). The highest BCUT2D eigenvalue weighted by Crippen LogP contribution is 2.38. The molecule has 0 heterocycles. The molecule has 2 aliphatic carbocycles. The first-order valence-corrected chi connectivity index (χ1v) is 10.9. The van der Waals surface area contributed by atoms with E-state index >= 15 is 0 Å². The van der Waals surface area contributed by atoms with Crippen LogP contribution in [0.4, 0.5) is 10.5 Å². The second kappa shape index (κ2) is 9.41. The average molecular weight is 439 g/mol. The summed E-state index contributed by atoms with van der Waals surface area (Å²) in [5, 5.41) is 20.2. The average Bonchev–Trinajstić information content (AvgIpc) is 3.33. The van der Waals surface area contributed by atoms with Crippen molar-refractivity contribution in [3.63, 3.8) is 0 Å². The molecule has 0 unspecified atom stereocenters. The first-order chi connectivity index (χ1) is 14.7. The number of benzene rings is 2. The number of rotatable bonds is 4. The molecule has 2 amide bonds. The van der Waals surface area contributed by atoms with Gasteiger partial charge in [0.15, 0.2) is 12.0 Å². The van der Waals surface area contributed by atoms with Crippen molar-refractivity contribution >= 4 is 29.4 Å². The Kier molecular flexibility index (Phi) is 6.88. The highest BCUT2D eigenvalue weighted by molar-refractivity contribution is 7.98. The number of carbonyl (C=O) groups is 2. The molecule has 7 nitrogen and oxygen atoms in total. The first-order valence-electron chi connectivity index (χ1n) is 10.1. The highest BCUT2D eigenvalue weighted by Gasteiger charge is 2.29. The van der Waals surface area contributed by atoms with Gasteiger partial charge < -0.3 is 16.2 Å². The van der Waals surface area contributed by atoms with Crippen molar-refractivity contribution in [2.24, 2.45) is 5.73 Å². The van der Waals surface area contributed by atoms with E-state index in [0.717, 1.165) is 47.3 Å². The number of Topliss-reactive ketones (excluding diaryl/α,β-unsaturated/α-hetero) is 1. The van der Waals surface area contributed by atoms with Crippen molar-refractivity contribution in [1.29, 1.82) is 5.26 Å². The van der Waals surface area contributed by atoms with Gasteiger partial charge in [-0.3, -0.25) is 9.52 Å². The Labute approximate surface area is 186 Å². The lowest BCUT2D eigenvalue weighted by Crippen LogP contribution is -2.25. The predicted octanol–water partition coefficient (Wildman–Crippen LogP) is 3.79. The minimum Gasteiger partial charge on any atom is -0.386 e. The number of aliphatic hydroxyl groups is 1. The number of urea groups is 1. The number of aryl methyl sites for hydroxylation is 2. The first kappa shape index (κ1) is 22.7. The maximum atomic E-state index is 12.6. The van der Waals surface area contributed by atoms with E-state index in [1.807, 2.05) is 24.3 Å². The number of hydrogen-bond donors (Lipinski definition) is 4. The predicted molar refractivity (Wildman–Crippen MR) is 121 cm³/mol. The molecule has 0 bridgehead atoms. The highest BCUT2D eigenvalue weighted by atomic mass is 32.2. The van der Waals surface area contributed by atoms with Crippen LogP contribution in [0.15, 0.2) is 35.2 Å². The molecule has 162 valence electrons. The van der Waals surface area contributed by atoms with E-state index in [0.29, 0.717) is 17.7 Å². The third-order valence-electron chi connectivity index (χ3n) is 5.42. The Hall–Kier alpha value is -3.02. The third-order valence-corrected chi connectivity index (χ3v) is 6.20. The zero-order valence-electron chi connectivity index (χ0n) is 17.6. The maximum Gasteiger partial charge on any atom is 0.329 e. The quantitative estimate of drug-likeness (QED) is 0.327. The van der Waals surface area contributed by atoms with Gasteiger partial charge in [-0.05, 0) is 85.9 Å². The molecular formula is C23H26N4O3S. The molecule has 0 fully saturated rings. The Balaban J connectivity index is 0.000000858. The smallest absolute Gasteiger partial charge is 0.329 e. The molecule has 0 aliphatic heterocycles. The van der Waals surface area contributed by atoms with Crippen molar-refractivity contribution in [2.75, 3.05) is 5.32 Å². The van der Waals surface area contributed by atoms with Crippen LogP contribution in [-0.4, -0.2) is 16.9 Å². The molecule has 2 aromatic carbocycles. The van der Waals surface area contributed by atoms with Crippen LogP contribution in [0.1, 0.15) is 59.3 Å². The number of amides is 2. The number of ketones is 1. The topological polar surface area (TPSA) is 128 Å². The standard InChI is InChI=1S/C22H24N2O3S.CH2N2/c1-22(2,27)15-6-4-7-16(12-15)28-24-21(26)23-20-17-8-3-5-13(17)11-14-9-10-18(25)19(14)20;2-1-3/h4,6-7,11-12,27H,3,5,8-10H2,1-2H3,(H2,23,24,26);2H2. The lowest BCUT2D eigenvalue weighted by Gasteiger charge is -2.18. The Bertz CT molecular complexity index is 1050. The molecule has 0 atom stereocenters. The van der Waals surface area contributed by atoms with Gasteiger partial charge in [0.1, 0.15) is 0 Å². The number of hydrogen-bond acceptors (Lipinski definition) is 6. The monoisotopic (exact) mass is 438 g/mol. The van der Waals surface area contributed by atoms with Crippen molar-refractivity contribution < 1.29 is 14.7 Å². The summed E-state index contributed by atoms with van der Waals surface area (Å²) < 4.78 is 2.80. The molecule has 0 aromatic heterocycles. The van der Waals surface area contributed by atoms with E-state index in [-0.39, 0.29) is 11.8 Å². The van der Waals surface area contributed by atoms with Crippen molar-refractivity contribution in [3.05, 3.63) is 58.1 Å². The van der Waals surface area contributed by atoms with Crippen LogP contribution in [0.2, 0.25) is 0 Å². The van der Waals surface area contributed by atoms with Crippen molar-refractivity contribution in [2.45, 2.75) is 56.4 Å². The van der Waals surface area contributed by atoms with E-state index < -0.39 is 5.60 Å². The van der Waals surface area contributed by atoms with Crippen molar-refractivity contribution in [3.8, 4) is 6.19 Å². The Morgan fingerprint density at radius 1 is 1.19 bits per heavy atom. The van der Waals surface area contributed by atoms with Gasteiger partial charge >= 0.3 is 6.03 Å². The summed E-state index contributed by atoms with van der Waals surface area (Å²) >= 11 is 1.19. The van der Waals surface area contributed by atoms with E-state index in [2.05, 4.69) is 21.8 Å². The van der Waals surface area contributed by atoms with Crippen LogP contribution >= 0.6 is 11.9 Å². The summed E-state index contributed by atoms with van der Waals surface area (Å²) in [6.07, 6.45) is 5.49. The second-order valence-corrected chi connectivity index (χ2v) is 8.95. The molecule has 31 heavy (non-hydrogen) atoms. The second-order valence-electron chi connectivity index (χ2n) is 8.07. The van der Waals surface area contributed by atoms with Crippen molar-refractivity contribution in [1.82, 2.24) is 4.72 Å². The minimum absolute atomic E-state index is 0.116. The van der Waals surface area contributed by atoms with Gasteiger partial charge in [-0.25, -0.2) is 4.79 Å². The van der Waals surface area contributed by atoms with Crippen LogP contribution < -0.4 is 15.8 Å². The maximum absolute atomic E-state index is 12.6. The number of anilines is 1. The van der Waals surface area contributed by atoms with Gasteiger partial charge in [0.05, 0.1) is 11.3 Å². The number of nitriles is 1. The molecule has 2 aliphatic rings. The fourth-order valence-corrected chi connectivity index (χ4v) is 4.61. The number of fused-ring (bicyclic) bond motifs is 2. The van der Waals surface area contributed by atoms with Gasteiger partial charge in [-0.1, -0.05) is 18.2 Å². The Morgan fingerprint density at radius 2 is 1.94 bits per heavy atom. The summed E-state index contributed by atoms with van der Waals surface area (Å²) in [7, 11) is 0. The normalized spacial score (nSPS) is 14.1. The van der Waals surface area contributed by atoms with E-state index in [1.54, 1.807) is 13.8 Å². The molecule has 5 N–H and O–H groups in total. The number of carbonyl (C=O) groups excluding carboxylic acids is 2. The Morgan fingerprint density at radius 3 is 2.65 bits per heavy atom. The fourth-order valence-electron chi connectivity index (χ4n) is 4.02. The van der Waals surface area contributed by atoms with E-state index in [1.165, 1.54) is 23.7 Å². The molecular weight excluding hydrogens is 412 g/mol. The molecule has 2 aromatic rings. The zero-order chi connectivity index (χ0) is 22.6. The summed E-state index contributed by atoms with van der Waals surface area (Å²) in [5.74, 6) is 0.116. The van der Waals surface area contributed by atoms with Crippen LogP contribution in [0.25, 0.3) is 0 Å². The number of nitrogens with one attached hydrogen (secondary N) is 2. The minimum atomic E-state index is -0.940. The summed E-state index contributed by atoms with van der Waals surface area (Å²) in [6, 6.07) is 9.24.